The first kappa shape index (κ1) is 27.1. The molecule has 5 heterocycles. The van der Waals surface area contributed by atoms with Crippen LogP contribution in [0.3, 0.4) is 0 Å². The maximum Gasteiger partial charge on any atom is 0.0481 e. The first-order chi connectivity index (χ1) is 18.3. The third kappa shape index (κ3) is 6.75. The van der Waals surface area contributed by atoms with Gasteiger partial charge in [-0.05, 0) is 84.0 Å². The van der Waals surface area contributed by atoms with Gasteiger partial charge in [-0.1, -0.05) is 64.5 Å². The monoisotopic (exact) mass is 580 g/mol. The molecule has 0 aliphatic heterocycles. The van der Waals surface area contributed by atoms with Gasteiger partial charge in [-0.3, -0.25) is 0 Å². The molecular weight excluding hydrogens is 545 g/mol. The highest BCUT2D eigenvalue weighted by Crippen LogP contribution is 2.47. The molecule has 194 valence electrons. The second kappa shape index (κ2) is 13.5. The quantitative estimate of drug-likeness (QED) is 0.115. The standard InChI is InChI=1S/C32H36S5/c1-3-5-7-9-13-23-21-29(25-15-11-19-33-25)36-31(23)27-17-18-28(35-27)32-24(14-10-8-6-4-2)22-30(37-32)26-16-12-20-34-26/h11-12,15-22H,3-10,13-14H2,1-2H3. The van der Waals surface area contributed by atoms with Crippen LogP contribution in [0, 0.1) is 0 Å². The Morgan fingerprint density at radius 1 is 0.486 bits per heavy atom. The lowest BCUT2D eigenvalue weighted by atomic mass is 10.1. The van der Waals surface area contributed by atoms with E-state index in [9.17, 15) is 0 Å². The van der Waals surface area contributed by atoms with Crippen LogP contribution in [-0.2, 0) is 12.8 Å². The summed E-state index contributed by atoms with van der Waals surface area (Å²) < 4.78 is 0. The Morgan fingerprint density at radius 2 is 0.973 bits per heavy atom. The largest absolute Gasteiger partial charge is 0.143 e. The van der Waals surface area contributed by atoms with E-state index in [0.29, 0.717) is 0 Å². The van der Waals surface area contributed by atoms with Crippen LogP contribution in [0.4, 0.5) is 0 Å². The molecule has 0 saturated carbocycles. The maximum atomic E-state index is 2.48. The molecular formula is C32H36S5. The molecule has 5 heteroatoms. The second-order valence-corrected chi connectivity index (χ2v) is 14.8. The molecule has 0 N–H and O–H groups in total. The predicted octanol–water partition coefficient (Wildman–Crippen LogP) is 12.9. The lowest BCUT2D eigenvalue weighted by Gasteiger charge is -2.03. The summed E-state index contributed by atoms with van der Waals surface area (Å²) in [6.45, 7) is 4.59. The summed E-state index contributed by atoms with van der Waals surface area (Å²) in [7, 11) is 0. The van der Waals surface area contributed by atoms with Gasteiger partial charge in [0.1, 0.15) is 0 Å². The fourth-order valence-corrected chi connectivity index (χ4v) is 10.2. The Bertz CT molecular complexity index is 1240. The average Bonchev–Trinajstić information content (AvgIpc) is 3.73. The Labute approximate surface area is 242 Å². The van der Waals surface area contributed by atoms with Crippen LogP contribution < -0.4 is 0 Å². The van der Waals surface area contributed by atoms with E-state index in [1.54, 1.807) is 11.1 Å². The van der Waals surface area contributed by atoms with Crippen molar-refractivity contribution >= 4 is 56.7 Å². The normalized spacial score (nSPS) is 11.5. The smallest absolute Gasteiger partial charge is 0.0481 e. The summed E-state index contributed by atoms with van der Waals surface area (Å²) in [6.07, 6.45) is 12.9. The summed E-state index contributed by atoms with van der Waals surface area (Å²) >= 11 is 9.71. The van der Waals surface area contributed by atoms with Crippen LogP contribution in [0.15, 0.2) is 59.3 Å². The van der Waals surface area contributed by atoms with Crippen molar-refractivity contribution in [2.75, 3.05) is 0 Å². The first-order valence-corrected chi connectivity index (χ1v) is 17.9. The van der Waals surface area contributed by atoms with E-state index in [2.05, 4.69) is 73.1 Å². The van der Waals surface area contributed by atoms with Crippen LogP contribution in [0.2, 0.25) is 0 Å². The molecule has 0 atom stereocenters. The molecule has 37 heavy (non-hydrogen) atoms. The third-order valence-electron chi connectivity index (χ3n) is 6.80. The molecule has 0 aromatic carbocycles. The number of thiophene rings is 5. The van der Waals surface area contributed by atoms with Crippen LogP contribution in [0.25, 0.3) is 39.0 Å². The summed E-state index contributed by atoms with van der Waals surface area (Å²) in [5, 5.41) is 4.39. The molecule has 0 aliphatic carbocycles. The Balaban J connectivity index is 1.45. The first-order valence-electron chi connectivity index (χ1n) is 13.7. The van der Waals surface area contributed by atoms with E-state index in [0.717, 1.165) is 0 Å². The van der Waals surface area contributed by atoms with Gasteiger partial charge in [-0.15, -0.1) is 56.7 Å². The lowest BCUT2D eigenvalue weighted by molar-refractivity contribution is 0.668. The van der Waals surface area contributed by atoms with E-state index in [4.69, 9.17) is 0 Å². The highest BCUT2D eigenvalue weighted by molar-refractivity contribution is 7.29. The van der Waals surface area contributed by atoms with Gasteiger partial charge in [0.2, 0.25) is 0 Å². The van der Waals surface area contributed by atoms with Crippen molar-refractivity contribution in [2.24, 2.45) is 0 Å². The van der Waals surface area contributed by atoms with E-state index >= 15 is 0 Å². The molecule has 0 saturated heterocycles. The minimum atomic E-state index is 1.19. The molecule has 0 fully saturated rings. The van der Waals surface area contributed by atoms with Gasteiger partial charge in [0.05, 0.1) is 0 Å². The number of rotatable bonds is 14. The summed E-state index contributed by atoms with van der Waals surface area (Å²) in [6, 6.07) is 18.6. The molecule has 5 aromatic heterocycles. The SMILES string of the molecule is CCCCCCc1cc(-c2cccs2)sc1-c1ccc(-c2sc(-c3cccs3)cc2CCCCCC)s1. The molecule has 0 aliphatic rings. The van der Waals surface area contributed by atoms with Gasteiger partial charge in [-0.2, -0.15) is 0 Å². The molecule has 5 rings (SSSR count). The van der Waals surface area contributed by atoms with Crippen molar-refractivity contribution in [3.63, 3.8) is 0 Å². The van der Waals surface area contributed by atoms with Gasteiger partial charge < -0.3 is 0 Å². The van der Waals surface area contributed by atoms with Gasteiger partial charge in [0.15, 0.2) is 0 Å². The van der Waals surface area contributed by atoms with Crippen molar-refractivity contribution in [1.82, 2.24) is 0 Å². The molecule has 0 bridgehead atoms. The third-order valence-corrected chi connectivity index (χ3v) is 12.7. The Kier molecular flexibility index (Phi) is 9.90. The van der Waals surface area contributed by atoms with Crippen molar-refractivity contribution in [1.29, 1.82) is 0 Å². The van der Waals surface area contributed by atoms with E-state index in [1.165, 1.54) is 103 Å². The van der Waals surface area contributed by atoms with Crippen molar-refractivity contribution < 1.29 is 0 Å². The fraction of sp³-hybridized carbons (Fsp3) is 0.375. The van der Waals surface area contributed by atoms with E-state index in [1.807, 2.05) is 56.7 Å². The maximum absolute atomic E-state index is 2.48. The van der Waals surface area contributed by atoms with Crippen LogP contribution >= 0.6 is 56.7 Å². The molecule has 0 spiro atoms. The van der Waals surface area contributed by atoms with E-state index in [-0.39, 0.29) is 0 Å². The fourth-order valence-electron chi connectivity index (χ4n) is 4.79. The Hall–Kier alpha value is -1.50. The van der Waals surface area contributed by atoms with Crippen LogP contribution in [0.5, 0.6) is 0 Å². The predicted molar refractivity (Wildman–Crippen MR) is 173 cm³/mol. The van der Waals surface area contributed by atoms with Crippen molar-refractivity contribution in [3.8, 4) is 39.0 Å². The van der Waals surface area contributed by atoms with Gasteiger partial charge >= 0.3 is 0 Å². The van der Waals surface area contributed by atoms with Gasteiger partial charge in [0.25, 0.3) is 0 Å². The van der Waals surface area contributed by atoms with Gasteiger partial charge in [-0.25, -0.2) is 0 Å². The molecule has 0 radical (unpaired) electrons. The zero-order valence-electron chi connectivity index (χ0n) is 21.9. The highest BCUT2D eigenvalue weighted by atomic mass is 32.1. The minimum absolute atomic E-state index is 1.19. The number of unbranched alkanes of at least 4 members (excludes halogenated alkanes) is 6. The minimum Gasteiger partial charge on any atom is -0.143 e. The zero-order chi connectivity index (χ0) is 25.5. The second-order valence-electron chi connectivity index (χ2n) is 9.67. The van der Waals surface area contributed by atoms with Crippen molar-refractivity contribution in [3.05, 3.63) is 70.4 Å². The molecule has 0 nitrogen and oxygen atoms in total. The number of hydrogen-bond donors (Lipinski definition) is 0. The number of hydrogen-bond acceptors (Lipinski definition) is 5. The molecule has 0 amide bonds. The summed E-state index contributed by atoms with van der Waals surface area (Å²) in [5.74, 6) is 0. The summed E-state index contributed by atoms with van der Waals surface area (Å²) in [5.41, 5.74) is 3.09. The van der Waals surface area contributed by atoms with Crippen LogP contribution in [0.1, 0.15) is 76.3 Å². The zero-order valence-corrected chi connectivity index (χ0v) is 26.0. The lowest BCUT2D eigenvalue weighted by Crippen LogP contribution is -1.85. The topological polar surface area (TPSA) is 0 Å². The van der Waals surface area contributed by atoms with Crippen molar-refractivity contribution in [2.45, 2.75) is 78.1 Å². The Morgan fingerprint density at radius 3 is 1.38 bits per heavy atom. The molecule has 0 unspecified atom stereocenters. The summed E-state index contributed by atoms with van der Waals surface area (Å²) in [4.78, 5) is 11.5. The number of aryl methyl sites for hydroxylation is 2. The van der Waals surface area contributed by atoms with Gasteiger partial charge in [0, 0.05) is 39.0 Å². The van der Waals surface area contributed by atoms with E-state index < -0.39 is 0 Å². The molecule has 5 aromatic rings. The highest BCUT2D eigenvalue weighted by Gasteiger charge is 2.18. The average molecular weight is 581 g/mol. The van der Waals surface area contributed by atoms with Crippen LogP contribution in [-0.4, -0.2) is 0 Å².